The van der Waals surface area contributed by atoms with Gasteiger partial charge in [-0.15, -0.1) is 0 Å². The van der Waals surface area contributed by atoms with Gasteiger partial charge in [-0.2, -0.15) is 0 Å². The summed E-state index contributed by atoms with van der Waals surface area (Å²) in [6.45, 7) is 13.9. The number of hydrogen-bond donors (Lipinski definition) is 2. The molecule has 27 heavy (non-hydrogen) atoms. The Hall–Kier alpha value is -1.79. The van der Waals surface area contributed by atoms with Gasteiger partial charge in [-0.25, -0.2) is 0 Å². The van der Waals surface area contributed by atoms with Gasteiger partial charge in [0.05, 0.1) is 19.8 Å². The van der Waals surface area contributed by atoms with E-state index in [-0.39, 0.29) is 0 Å². The molecule has 1 fully saturated rings. The highest BCUT2D eigenvalue weighted by Gasteiger charge is 2.24. The van der Waals surface area contributed by atoms with E-state index >= 15 is 0 Å². The van der Waals surface area contributed by atoms with Crippen molar-refractivity contribution in [3.63, 3.8) is 0 Å². The number of aliphatic imine (C=N–C) groups is 1. The molecule has 1 aromatic rings. The zero-order chi connectivity index (χ0) is 19.1. The van der Waals surface area contributed by atoms with Crippen LogP contribution in [0.1, 0.15) is 26.3 Å². The van der Waals surface area contributed by atoms with Crippen LogP contribution in [-0.4, -0.2) is 75.4 Å². The molecule has 1 saturated heterocycles. The third-order valence-corrected chi connectivity index (χ3v) is 5.52. The lowest BCUT2D eigenvalue weighted by atomic mass is 10.1. The lowest BCUT2D eigenvalue weighted by Gasteiger charge is -2.31. The van der Waals surface area contributed by atoms with Gasteiger partial charge in [-0.1, -0.05) is 18.2 Å². The Morgan fingerprint density at radius 2 is 2.04 bits per heavy atom. The number of ether oxygens (including phenoxy) is 1. The first-order valence-corrected chi connectivity index (χ1v) is 10.4. The minimum atomic E-state index is 0.440. The summed E-state index contributed by atoms with van der Waals surface area (Å²) in [4.78, 5) is 9.77. The molecule has 2 unspecified atom stereocenters. The molecule has 0 saturated carbocycles. The first-order chi connectivity index (χ1) is 13.2. The maximum absolute atomic E-state index is 5.44. The number of para-hydroxylation sites is 1. The van der Waals surface area contributed by atoms with Crippen molar-refractivity contribution in [3.8, 4) is 0 Å². The summed E-state index contributed by atoms with van der Waals surface area (Å²) in [6, 6.07) is 9.76. The summed E-state index contributed by atoms with van der Waals surface area (Å²) in [6.07, 6.45) is 1.14. The van der Waals surface area contributed by atoms with Crippen molar-refractivity contribution in [2.45, 2.75) is 39.3 Å². The summed E-state index contributed by atoms with van der Waals surface area (Å²) >= 11 is 0. The molecule has 2 heterocycles. The molecule has 2 aliphatic rings. The Balaban J connectivity index is 1.49. The number of benzene rings is 1. The van der Waals surface area contributed by atoms with E-state index in [1.807, 2.05) is 0 Å². The normalized spacial score (nSPS) is 21.8. The van der Waals surface area contributed by atoms with Gasteiger partial charge in [0, 0.05) is 50.5 Å². The minimum absolute atomic E-state index is 0.440. The van der Waals surface area contributed by atoms with Crippen LogP contribution in [0, 0.1) is 0 Å². The van der Waals surface area contributed by atoms with Gasteiger partial charge in [-0.3, -0.25) is 9.89 Å². The van der Waals surface area contributed by atoms with Crippen LogP contribution in [0.15, 0.2) is 29.3 Å². The second-order valence-corrected chi connectivity index (χ2v) is 7.52. The van der Waals surface area contributed by atoms with Crippen molar-refractivity contribution >= 4 is 11.6 Å². The number of rotatable bonds is 7. The van der Waals surface area contributed by atoms with Crippen LogP contribution in [0.2, 0.25) is 0 Å². The number of guanidine groups is 1. The highest BCUT2D eigenvalue weighted by Crippen LogP contribution is 2.31. The third kappa shape index (κ3) is 5.36. The lowest BCUT2D eigenvalue weighted by Crippen LogP contribution is -2.45. The fourth-order valence-corrected chi connectivity index (χ4v) is 3.96. The highest BCUT2D eigenvalue weighted by atomic mass is 16.5. The lowest BCUT2D eigenvalue weighted by molar-refractivity contribution is 0.0220. The van der Waals surface area contributed by atoms with Crippen molar-refractivity contribution in [1.29, 1.82) is 0 Å². The molecular weight excluding hydrogens is 338 g/mol. The highest BCUT2D eigenvalue weighted by molar-refractivity contribution is 5.79. The standard InChI is InChI=1S/C21H35N5O/c1-4-22-21(24-16-18(3)25-11-13-27-14-12-25)23-9-10-26-17(2)15-19-7-5-6-8-20(19)26/h5-8,17-18H,4,9-16H2,1-3H3,(H2,22,23,24). The molecule has 0 amide bonds. The topological polar surface area (TPSA) is 52.1 Å². The Morgan fingerprint density at radius 3 is 2.81 bits per heavy atom. The average Bonchev–Trinajstić information content (AvgIpc) is 3.02. The molecule has 2 aliphatic heterocycles. The molecular formula is C21H35N5O. The predicted octanol–water partition coefficient (Wildman–Crippen LogP) is 1.71. The van der Waals surface area contributed by atoms with E-state index in [9.17, 15) is 0 Å². The Labute approximate surface area is 164 Å². The minimum Gasteiger partial charge on any atom is -0.379 e. The molecule has 0 bridgehead atoms. The fourth-order valence-electron chi connectivity index (χ4n) is 3.96. The van der Waals surface area contributed by atoms with Gasteiger partial charge in [0.2, 0.25) is 0 Å². The smallest absolute Gasteiger partial charge is 0.191 e. The second kappa shape index (κ2) is 9.95. The molecule has 6 heteroatoms. The van der Waals surface area contributed by atoms with Crippen molar-refractivity contribution in [3.05, 3.63) is 29.8 Å². The number of nitrogens with zero attached hydrogens (tertiary/aromatic N) is 3. The van der Waals surface area contributed by atoms with Crippen LogP contribution in [0.25, 0.3) is 0 Å². The third-order valence-electron chi connectivity index (χ3n) is 5.52. The van der Waals surface area contributed by atoms with Gasteiger partial charge in [0.25, 0.3) is 0 Å². The van der Waals surface area contributed by atoms with E-state index in [1.54, 1.807) is 0 Å². The number of nitrogens with one attached hydrogen (secondary N) is 2. The maximum atomic E-state index is 5.44. The van der Waals surface area contributed by atoms with Gasteiger partial charge >= 0.3 is 0 Å². The second-order valence-electron chi connectivity index (χ2n) is 7.52. The average molecular weight is 374 g/mol. The largest absolute Gasteiger partial charge is 0.379 e. The van der Waals surface area contributed by atoms with Crippen molar-refractivity contribution in [2.24, 2.45) is 4.99 Å². The van der Waals surface area contributed by atoms with E-state index < -0.39 is 0 Å². The van der Waals surface area contributed by atoms with E-state index in [0.717, 1.165) is 64.9 Å². The van der Waals surface area contributed by atoms with Crippen LogP contribution in [-0.2, 0) is 11.2 Å². The number of fused-ring (bicyclic) bond motifs is 1. The van der Waals surface area contributed by atoms with E-state index in [1.165, 1.54) is 11.3 Å². The van der Waals surface area contributed by atoms with Gasteiger partial charge in [0.1, 0.15) is 0 Å². The van der Waals surface area contributed by atoms with Crippen LogP contribution < -0.4 is 15.5 Å². The number of anilines is 1. The SMILES string of the molecule is CCNC(=NCC(C)N1CCOCC1)NCCN1c2ccccc2CC1C. The molecule has 1 aromatic carbocycles. The Morgan fingerprint density at radius 1 is 1.26 bits per heavy atom. The van der Waals surface area contributed by atoms with Crippen LogP contribution in [0.3, 0.4) is 0 Å². The van der Waals surface area contributed by atoms with Crippen molar-refractivity contribution in [1.82, 2.24) is 15.5 Å². The molecule has 0 aromatic heterocycles. The zero-order valence-corrected chi connectivity index (χ0v) is 17.1. The van der Waals surface area contributed by atoms with Crippen molar-refractivity contribution in [2.75, 3.05) is 57.4 Å². The molecule has 0 spiro atoms. The summed E-state index contributed by atoms with van der Waals surface area (Å²) in [7, 11) is 0. The van der Waals surface area contributed by atoms with Crippen LogP contribution in [0.4, 0.5) is 5.69 Å². The summed E-state index contributed by atoms with van der Waals surface area (Å²) in [5.41, 5.74) is 2.85. The first-order valence-electron chi connectivity index (χ1n) is 10.4. The molecule has 3 rings (SSSR count). The first kappa shape index (κ1) is 20.0. The van der Waals surface area contributed by atoms with Gasteiger partial charge in [0.15, 0.2) is 5.96 Å². The molecule has 2 atom stereocenters. The maximum Gasteiger partial charge on any atom is 0.191 e. The summed E-state index contributed by atoms with van der Waals surface area (Å²) in [5.74, 6) is 0.915. The van der Waals surface area contributed by atoms with E-state index in [2.05, 4.69) is 65.5 Å². The molecule has 2 N–H and O–H groups in total. The molecule has 0 aliphatic carbocycles. The number of hydrogen-bond acceptors (Lipinski definition) is 4. The Kier molecular flexibility index (Phi) is 7.35. The molecule has 150 valence electrons. The van der Waals surface area contributed by atoms with Crippen molar-refractivity contribution < 1.29 is 4.74 Å². The summed E-state index contributed by atoms with van der Waals surface area (Å²) < 4.78 is 5.44. The molecule has 0 radical (unpaired) electrons. The number of morpholine rings is 1. The van der Waals surface area contributed by atoms with Gasteiger partial charge in [-0.05, 0) is 38.8 Å². The monoisotopic (exact) mass is 373 g/mol. The molecule has 6 nitrogen and oxygen atoms in total. The fraction of sp³-hybridized carbons (Fsp3) is 0.667. The summed E-state index contributed by atoms with van der Waals surface area (Å²) in [5, 5.41) is 6.89. The van der Waals surface area contributed by atoms with E-state index in [0.29, 0.717) is 12.1 Å². The Bertz CT molecular complexity index is 614. The van der Waals surface area contributed by atoms with Crippen LogP contribution >= 0.6 is 0 Å². The zero-order valence-electron chi connectivity index (χ0n) is 17.1. The van der Waals surface area contributed by atoms with Gasteiger partial charge < -0.3 is 20.3 Å². The quantitative estimate of drug-likeness (QED) is 0.563. The predicted molar refractivity (Wildman–Crippen MR) is 113 cm³/mol. The van der Waals surface area contributed by atoms with Crippen LogP contribution in [0.5, 0.6) is 0 Å². The van der Waals surface area contributed by atoms with E-state index in [4.69, 9.17) is 9.73 Å².